The van der Waals surface area contributed by atoms with Gasteiger partial charge in [-0.25, -0.2) is 18.1 Å². The van der Waals surface area contributed by atoms with Crippen molar-refractivity contribution in [2.75, 3.05) is 5.32 Å². The van der Waals surface area contributed by atoms with Crippen molar-refractivity contribution in [3.05, 3.63) is 48.5 Å². The molecule has 0 fully saturated rings. The molecule has 2 N–H and O–H groups in total. The summed E-state index contributed by atoms with van der Waals surface area (Å²) in [7, 11) is -3.80. The molecule has 2 aromatic heterocycles. The molecule has 3 rings (SSSR count). The molecule has 0 saturated heterocycles. The average molecular weight is 378 g/mol. The summed E-state index contributed by atoms with van der Waals surface area (Å²) in [5.41, 5.74) is 1.72. The smallest absolute Gasteiger partial charge is 0.270 e. The Labute approximate surface area is 147 Å². The Hall–Kier alpha value is -2.63. The second-order valence-electron chi connectivity index (χ2n) is 5.02. The summed E-state index contributed by atoms with van der Waals surface area (Å²) in [5, 5.41) is 9.75. The van der Waals surface area contributed by atoms with Gasteiger partial charge in [-0.05, 0) is 17.7 Å². The van der Waals surface area contributed by atoms with Crippen molar-refractivity contribution in [2.24, 2.45) is 0 Å². The molecule has 0 bridgehead atoms. The molecule has 0 spiro atoms. The number of aromatic nitrogens is 4. The van der Waals surface area contributed by atoms with Crippen LogP contribution in [0, 0.1) is 0 Å². The molecule has 130 valence electrons. The number of sulfonamides is 1. The van der Waals surface area contributed by atoms with Gasteiger partial charge in [-0.2, -0.15) is 0 Å². The third kappa shape index (κ3) is 4.26. The van der Waals surface area contributed by atoms with E-state index in [4.69, 9.17) is 0 Å². The van der Waals surface area contributed by atoms with Crippen LogP contribution in [0.15, 0.2) is 47.3 Å². The first kappa shape index (κ1) is 17.2. The van der Waals surface area contributed by atoms with Crippen LogP contribution in [-0.4, -0.2) is 34.1 Å². The number of carbonyl (C=O) groups excluding carboxylic acids is 1. The molecular weight excluding hydrogens is 364 g/mol. The third-order valence-corrected chi connectivity index (χ3v) is 5.73. The predicted octanol–water partition coefficient (Wildman–Crippen LogP) is 1.16. The van der Waals surface area contributed by atoms with Gasteiger partial charge in [0.05, 0.1) is 6.33 Å². The lowest BCUT2D eigenvalue weighted by Crippen LogP contribution is -2.23. The Morgan fingerprint density at radius 3 is 2.64 bits per heavy atom. The van der Waals surface area contributed by atoms with Crippen molar-refractivity contribution in [1.29, 1.82) is 0 Å². The lowest BCUT2D eigenvalue weighted by atomic mass is 10.2. The number of nitrogens with one attached hydrogen (secondary N) is 2. The van der Waals surface area contributed by atoms with Gasteiger partial charge in [-0.3, -0.25) is 4.79 Å². The molecule has 11 heteroatoms. The molecule has 0 radical (unpaired) electrons. The molecule has 0 aliphatic carbocycles. The van der Waals surface area contributed by atoms with E-state index >= 15 is 0 Å². The zero-order valence-corrected chi connectivity index (χ0v) is 14.7. The van der Waals surface area contributed by atoms with Crippen LogP contribution in [0.25, 0.3) is 5.69 Å². The molecule has 3 aromatic rings. The summed E-state index contributed by atoms with van der Waals surface area (Å²) in [6.45, 7) is 1.42. The Kier molecular flexibility index (Phi) is 4.88. The first-order valence-corrected chi connectivity index (χ1v) is 9.42. The van der Waals surface area contributed by atoms with Gasteiger partial charge in [0.15, 0.2) is 0 Å². The van der Waals surface area contributed by atoms with Crippen molar-refractivity contribution in [3.63, 3.8) is 0 Å². The number of nitrogens with zero attached hydrogens (tertiary/aromatic N) is 4. The van der Waals surface area contributed by atoms with Gasteiger partial charge >= 0.3 is 0 Å². The Balaban J connectivity index is 1.65. The summed E-state index contributed by atoms with van der Waals surface area (Å²) < 4.78 is 28.6. The SMILES string of the molecule is CC(=O)Nc1nnc(S(=O)(=O)NCc2ccc(-n3ccnc3)cc2)s1. The van der Waals surface area contributed by atoms with Gasteiger partial charge in [0, 0.05) is 31.5 Å². The summed E-state index contributed by atoms with van der Waals surface area (Å²) in [4.78, 5) is 14.9. The van der Waals surface area contributed by atoms with Gasteiger partial charge in [-0.15, -0.1) is 10.2 Å². The number of amides is 1. The highest BCUT2D eigenvalue weighted by Crippen LogP contribution is 2.20. The van der Waals surface area contributed by atoms with E-state index in [2.05, 4.69) is 25.2 Å². The quantitative estimate of drug-likeness (QED) is 0.621. The zero-order valence-electron chi connectivity index (χ0n) is 13.1. The molecule has 9 nitrogen and oxygen atoms in total. The average Bonchev–Trinajstić information content (AvgIpc) is 3.25. The zero-order chi connectivity index (χ0) is 17.9. The van der Waals surface area contributed by atoms with Gasteiger partial charge in [0.25, 0.3) is 10.0 Å². The molecule has 25 heavy (non-hydrogen) atoms. The van der Waals surface area contributed by atoms with E-state index < -0.39 is 10.0 Å². The molecule has 0 aliphatic rings. The van der Waals surface area contributed by atoms with Crippen molar-refractivity contribution in [3.8, 4) is 5.69 Å². The molecule has 0 atom stereocenters. The molecule has 1 aromatic carbocycles. The van der Waals surface area contributed by atoms with Crippen molar-refractivity contribution >= 4 is 32.4 Å². The second kappa shape index (κ2) is 7.09. The van der Waals surface area contributed by atoms with Gasteiger partial charge in [0.2, 0.25) is 15.4 Å². The largest absolute Gasteiger partial charge is 0.306 e. The first-order valence-electron chi connectivity index (χ1n) is 7.12. The van der Waals surface area contributed by atoms with Gasteiger partial charge in [-0.1, -0.05) is 23.5 Å². The lowest BCUT2D eigenvalue weighted by Gasteiger charge is -2.06. The van der Waals surface area contributed by atoms with E-state index in [1.165, 1.54) is 6.92 Å². The van der Waals surface area contributed by atoms with Gasteiger partial charge in [0.1, 0.15) is 0 Å². The number of carbonyl (C=O) groups is 1. The summed E-state index contributed by atoms with van der Waals surface area (Å²) >= 11 is 0.789. The second-order valence-corrected chi connectivity index (χ2v) is 7.93. The van der Waals surface area contributed by atoms with Crippen LogP contribution in [0.1, 0.15) is 12.5 Å². The maximum absolute atomic E-state index is 12.2. The summed E-state index contributed by atoms with van der Waals surface area (Å²) in [5.74, 6) is -0.342. The van der Waals surface area contributed by atoms with Crippen LogP contribution in [0.5, 0.6) is 0 Å². The Morgan fingerprint density at radius 2 is 2.00 bits per heavy atom. The normalized spacial score (nSPS) is 11.4. The van der Waals surface area contributed by atoms with Crippen molar-refractivity contribution in [2.45, 2.75) is 17.8 Å². The number of rotatable bonds is 6. The van der Waals surface area contributed by atoms with Crippen LogP contribution in [0.3, 0.4) is 0 Å². The fraction of sp³-hybridized carbons (Fsp3) is 0.143. The van der Waals surface area contributed by atoms with Crippen LogP contribution in [0.4, 0.5) is 5.13 Å². The van der Waals surface area contributed by atoms with E-state index in [9.17, 15) is 13.2 Å². The van der Waals surface area contributed by atoms with E-state index in [0.29, 0.717) is 0 Å². The molecule has 0 saturated carbocycles. The Morgan fingerprint density at radius 1 is 1.24 bits per heavy atom. The fourth-order valence-corrected chi connectivity index (χ4v) is 3.96. The first-order chi connectivity index (χ1) is 11.9. The minimum absolute atomic E-state index is 0.113. The van der Waals surface area contributed by atoms with E-state index in [1.54, 1.807) is 12.5 Å². The van der Waals surface area contributed by atoms with Gasteiger partial charge < -0.3 is 9.88 Å². The van der Waals surface area contributed by atoms with Crippen LogP contribution >= 0.6 is 11.3 Å². The van der Waals surface area contributed by atoms with Crippen LogP contribution < -0.4 is 10.0 Å². The monoisotopic (exact) mass is 378 g/mol. The highest BCUT2D eigenvalue weighted by molar-refractivity contribution is 7.91. The minimum Gasteiger partial charge on any atom is -0.306 e. The maximum atomic E-state index is 12.2. The van der Waals surface area contributed by atoms with E-state index in [1.807, 2.05) is 35.0 Å². The molecule has 1 amide bonds. The maximum Gasteiger partial charge on any atom is 0.270 e. The number of hydrogen-bond acceptors (Lipinski definition) is 7. The molecular formula is C14H14N6O3S2. The highest BCUT2D eigenvalue weighted by atomic mass is 32.2. The minimum atomic E-state index is -3.80. The number of hydrogen-bond donors (Lipinski definition) is 2. The predicted molar refractivity (Wildman–Crippen MR) is 91.8 cm³/mol. The Bertz CT molecular complexity index is 964. The van der Waals surface area contributed by atoms with Crippen LogP contribution in [0.2, 0.25) is 0 Å². The number of benzene rings is 1. The fourth-order valence-electron chi connectivity index (χ4n) is 1.96. The van der Waals surface area contributed by atoms with E-state index in [0.717, 1.165) is 22.6 Å². The molecule has 0 unspecified atom stereocenters. The van der Waals surface area contributed by atoms with Crippen molar-refractivity contribution < 1.29 is 13.2 Å². The standard InChI is InChI=1S/C14H14N6O3S2/c1-10(21)17-13-18-19-14(24-13)25(22,23)16-8-11-2-4-12(5-3-11)20-7-6-15-9-20/h2-7,9,16H,8H2,1H3,(H,17,18,21). The topological polar surface area (TPSA) is 119 Å². The van der Waals surface area contributed by atoms with Crippen molar-refractivity contribution in [1.82, 2.24) is 24.5 Å². The van der Waals surface area contributed by atoms with Crippen LogP contribution in [-0.2, 0) is 21.4 Å². The summed E-state index contributed by atoms with van der Waals surface area (Å²) in [6, 6.07) is 7.37. The summed E-state index contributed by atoms with van der Waals surface area (Å²) in [6.07, 6.45) is 5.18. The van der Waals surface area contributed by atoms with E-state index in [-0.39, 0.29) is 21.9 Å². The lowest BCUT2D eigenvalue weighted by molar-refractivity contribution is -0.114. The highest BCUT2D eigenvalue weighted by Gasteiger charge is 2.20. The number of anilines is 1. The third-order valence-electron chi connectivity index (χ3n) is 3.12. The molecule has 2 heterocycles. The number of imidazole rings is 1. The molecule has 0 aliphatic heterocycles.